The molecule has 0 amide bonds. The molecule has 2 nitrogen and oxygen atoms in total. The molecule has 300 valence electrons. The van der Waals surface area contributed by atoms with Crippen LogP contribution < -0.4 is 0 Å². The van der Waals surface area contributed by atoms with Crippen LogP contribution in [0.1, 0.15) is 22.3 Å². The minimum atomic E-state index is -0.469. The SMILES string of the molecule is c1ccc2c(c1)-c1ccccc1C21c2ccccc2-c2cc3c(cc21)c(-c1cc(-c2cccc4c2sc2ccccc24)cc(-n2c4ccccc4c4ccccc42)c1)nc1ccccc13. The van der Waals surface area contributed by atoms with Gasteiger partial charge in [-0.2, -0.15) is 0 Å². The van der Waals surface area contributed by atoms with Crippen molar-refractivity contribution >= 4 is 75.0 Å². The van der Waals surface area contributed by atoms with E-state index in [9.17, 15) is 0 Å². The van der Waals surface area contributed by atoms with Crippen molar-refractivity contribution in [1.29, 1.82) is 0 Å². The Morgan fingerprint density at radius 2 is 0.892 bits per heavy atom. The van der Waals surface area contributed by atoms with Crippen LogP contribution in [-0.2, 0) is 5.41 Å². The van der Waals surface area contributed by atoms with Gasteiger partial charge in [0.2, 0.25) is 0 Å². The van der Waals surface area contributed by atoms with Crippen molar-refractivity contribution in [1.82, 2.24) is 9.55 Å². The van der Waals surface area contributed by atoms with E-state index in [1.807, 2.05) is 11.3 Å². The Labute approximate surface area is 378 Å². The van der Waals surface area contributed by atoms with Crippen molar-refractivity contribution in [3.8, 4) is 50.3 Å². The van der Waals surface area contributed by atoms with Crippen LogP contribution >= 0.6 is 11.3 Å². The topological polar surface area (TPSA) is 17.8 Å². The smallest absolute Gasteiger partial charge is 0.0789 e. The van der Waals surface area contributed by atoms with Crippen LogP contribution in [-0.4, -0.2) is 9.55 Å². The Morgan fingerprint density at radius 3 is 1.60 bits per heavy atom. The van der Waals surface area contributed by atoms with Gasteiger partial charge in [0.1, 0.15) is 0 Å². The number of fused-ring (bicyclic) bond motifs is 19. The molecule has 0 aliphatic heterocycles. The van der Waals surface area contributed by atoms with Crippen LogP contribution in [0.4, 0.5) is 0 Å². The van der Waals surface area contributed by atoms with Gasteiger partial charge in [-0.25, -0.2) is 4.98 Å². The van der Waals surface area contributed by atoms with Gasteiger partial charge < -0.3 is 4.57 Å². The molecule has 10 aromatic carbocycles. The molecule has 0 bridgehead atoms. The summed E-state index contributed by atoms with van der Waals surface area (Å²) in [6, 6.07) is 81.5. The van der Waals surface area contributed by atoms with E-state index >= 15 is 0 Å². The molecule has 0 N–H and O–H groups in total. The molecule has 65 heavy (non-hydrogen) atoms. The summed E-state index contributed by atoms with van der Waals surface area (Å²) < 4.78 is 5.06. The second kappa shape index (κ2) is 13.0. The highest BCUT2D eigenvalue weighted by Crippen LogP contribution is 2.63. The molecule has 0 fully saturated rings. The maximum atomic E-state index is 5.72. The first-order valence-corrected chi connectivity index (χ1v) is 23.3. The summed E-state index contributed by atoms with van der Waals surface area (Å²) in [6.07, 6.45) is 0. The van der Waals surface area contributed by atoms with Crippen LogP contribution in [0.15, 0.2) is 218 Å². The first-order chi connectivity index (χ1) is 32.2. The van der Waals surface area contributed by atoms with Crippen molar-refractivity contribution in [2.24, 2.45) is 0 Å². The van der Waals surface area contributed by atoms with E-state index in [1.54, 1.807) is 0 Å². The Hall–Kier alpha value is -8.11. The third-order valence-corrected chi connectivity index (χ3v) is 15.8. The molecule has 0 unspecified atom stereocenters. The Kier molecular flexibility index (Phi) is 7.06. The quantitative estimate of drug-likeness (QED) is 0.162. The number of thiophene rings is 1. The second-order valence-electron chi connectivity index (χ2n) is 17.7. The second-order valence-corrected chi connectivity index (χ2v) is 18.8. The van der Waals surface area contributed by atoms with Crippen LogP contribution in [0.25, 0.3) is 114 Å². The minimum absolute atomic E-state index is 0.469. The normalized spacial score (nSPS) is 13.4. The lowest BCUT2D eigenvalue weighted by Gasteiger charge is -2.30. The predicted octanol–water partition coefficient (Wildman–Crippen LogP) is 16.5. The Morgan fingerprint density at radius 1 is 0.354 bits per heavy atom. The lowest BCUT2D eigenvalue weighted by atomic mass is 9.70. The van der Waals surface area contributed by atoms with E-state index in [2.05, 4.69) is 223 Å². The van der Waals surface area contributed by atoms with Crippen molar-refractivity contribution in [3.05, 3.63) is 241 Å². The number of rotatable bonds is 3. The number of aromatic nitrogens is 2. The Bertz CT molecular complexity index is 4100. The molecule has 13 aromatic rings. The highest BCUT2D eigenvalue weighted by molar-refractivity contribution is 7.26. The van der Waals surface area contributed by atoms with Gasteiger partial charge in [-0.15, -0.1) is 11.3 Å². The van der Waals surface area contributed by atoms with Gasteiger partial charge in [-0.1, -0.05) is 164 Å². The summed E-state index contributed by atoms with van der Waals surface area (Å²) in [5, 5.41) is 8.61. The average Bonchev–Trinajstić information content (AvgIpc) is 4.09. The number of hydrogen-bond acceptors (Lipinski definition) is 2. The molecule has 0 saturated carbocycles. The summed E-state index contributed by atoms with van der Waals surface area (Å²) in [5.74, 6) is 0. The van der Waals surface area contributed by atoms with Crippen LogP contribution in [0, 0.1) is 0 Å². The number of benzene rings is 10. The van der Waals surface area contributed by atoms with Crippen LogP contribution in [0.5, 0.6) is 0 Å². The molecule has 0 atom stereocenters. The van der Waals surface area contributed by atoms with Gasteiger partial charge in [0.15, 0.2) is 0 Å². The maximum Gasteiger partial charge on any atom is 0.0789 e. The highest BCUT2D eigenvalue weighted by atomic mass is 32.1. The molecule has 2 aliphatic rings. The largest absolute Gasteiger partial charge is 0.309 e. The van der Waals surface area contributed by atoms with E-state index in [0.29, 0.717) is 0 Å². The zero-order chi connectivity index (χ0) is 42.4. The van der Waals surface area contributed by atoms with E-state index in [1.165, 1.54) is 103 Å². The molecular weight excluding hydrogens is 805 g/mol. The zero-order valence-corrected chi connectivity index (χ0v) is 35.9. The molecule has 3 heterocycles. The molecule has 15 rings (SSSR count). The van der Waals surface area contributed by atoms with E-state index in [4.69, 9.17) is 4.98 Å². The van der Waals surface area contributed by atoms with Gasteiger partial charge >= 0.3 is 0 Å². The van der Waals surface area contributed by atoms with Gasteiger partial charge in [0, 0.05) is 53.0 Å². The van der Waals surface area contributed by atoms with Gasteiger partial charge in [-0.05, 0) is 116 Å². The first-order valence-electron chi connectivity index (χ1n) is 22.4. The van der Waals surface area contributed by atoms with Gasteiger partial charge in [0.25, 0.3) is 0 Å². The van der Waals surface area contributed by atoms with Crippen LogP contribution in [0.2, 0.25) is 0 Å². The fourth-order valence-electron chi connectivity index (χ4n) is 12.0. The summed E-state index contributed by atoms with van der Waals surface area (Å²) in [4.78, 5) is 5.72. The van der Waals surface area contributed by atoms with Crippen molar-refractivity contribution in [3.63, 3.8) is 0 Å². The highest BCUT2D eigenvalue weighted by Gasteiger charge is 2.51. The first kappa shape index (κ1) is 35.4. The lowest BCUT2D eigenvalue weighted by molar-refractivity contribution is 0.795. The van der Waals surface area contributed by atoms with Gasteiger partial charge in [-0.3, -0.25) is 0 Å². The lowest BCUT2D eigenvalue weighted by Crippen LogP contribution is -2.25. The maximum absolute atomic E-state index is 5.72. The standard InChI is InChI=1S/C62H36N2S/c1-8-25-52-41(16-1)42-17-2-9-26-53(42)62(52)54-27-10-3-18-43(54)50-35-49-44-19-4-11-28-56(44)63-60(51(49)36-55(50)62)38-32-37(40-23-15-24-48-47-22-7-14-31-59(47)65-61(40)48)33-39(34-38)64-57-29-12-5-20-45(57)46-21-6-13-30-58(46)64/h1-36H. The summed E-state index contributed by atoms with van der Waals surface area (Å²) in [6.45, 7) is 0. The zero-order valence-electron chi connectivity index (χ0n) is 35.1. The molecule has 3 heteroatoms. The summed E-state index contributed by atoms with van der Waals surface area (Å²) >= 11 is 1.88. The van der Waals surface area contributed by atoms with E-state index in [0.717, 1.165) is 33.2 Å². The summed E-state index contributed by atoms with van der Waals surface area (Å²) in [7, 11) is 0. The third kappa shape index (κ3) is 4.65. The van der Waals surface area contributed by atoms with Crippen LogP contribution in [0.3, 0.4) is 0 Å². The molecule has 2 aliphatic carbocycles. The average molecular weight is 841 g/mol. The monoisotopic (exact) mass is 840 g/mol. The fraction of sp³-hybridized carbons (Fsp3) is 0.0161. The molecule has 3 aromatic heterocycles. The van der Waals surface area contributed by atoms with E-state index in [-0.39, 0.29) is 0 Å². The molecule has 1 spiro atoms. The number of para-hydroxylation sites is 3. The molecular formula is C62H36N2S. The summed E-state index contributed by atoms with van der Waals surface area (Å²) in [5.41, 5.74) is 19.0. The number of hydrogen-bond donors (Lipinski definition) is 0. The number of pyridine rings is 1. The third-order valence-electron chi connectivity index (χ3n) is 14.6. The number of nitrogens with zero attached hydrogens (tertiary/aromatic N) is 2. The van der Waals surface area contributed by atoms with Crippen molar-refractivity contribution in [2.75, 3.05) is 0 Å². The van der Waals surface area contributed by atoms with Crippen molar-refractivity contribution in [2.45, 2.75) is 5.41 Å². The predicted molar refractivity (Wildman–Crippen MR) is 274 cm³/mol. The van der Waals surface area contributed by atoms with E-state index < -0.39 is 5.41 Å². The fourth-order valence-corrected chi connectivity index (χ4v) is 13.2. The molecule has 0 radical (unpaired) electrons. The van der Waals surface area contributed by atoms with Gasteiger partial charge in [0.05, 0.1) is 27.7 Å². The Balaban J connectivity index is 1.08. The van der Waals surface area contributed by atoms with Crippen molar-refractivity contribution < 1.29 is 0 Å². The molecule has 0 saturated heterocycles. The minimum Gasteiger partial charge on any atom is -0.309 e.